The van der Waals surface area contributed by atoms with Crippen LogP contribution in [0.5, 0.6) is 0 Å². The second kappa shape index (κ2) is 9.75. The SMILES string of the molecule is CC=CC1=CC[C]([Zr+2][C]2=CC(C=CC)=CC2)=C1.[Cl-].[Cl-]. The standard InChI is InChI=1S/2C8H9.2ClH.Zr/c2*1-2-5-8-6-3-4-7-8;;;/h2*2,5-7H,3H2,1H3;2*1H;/q;;;;+2/p-2. The molecule has 0 N–H and O–H groups in total. The van der Waals surface area contributed by atoms with Crippen LogP contribution in [-0.2, 0) is 23.2 Å². The van der Waals surface area contributed by atoms with Crippen molar-refractivity contribution in [2.24, 2.45) is 0 Å². The number of allylic oxidation sites excluding steroid dienone is 12. The summed E-state index contributed by atoms with van der Waals surface area (Å²) in [5.41, 5.74) is 2.81. The van der Waals surface area contributed by atoms with Crippen molar-refractivity contribution in [1.29, 1.82) is 0 Å². The van der Waals surface area contributed by atoms with Crippen molar-refractivity contribution >= 4 is 0 Å². The quantitative estimate of drug-likeness (QED) is 0.573. The van der Waals surface area contributed by atoms with E-state index in [4.69, 9.17) is 0 Å². The molecular weight excluding hydrogens is 354 g/mol. The minimum Gasteiger partial charge on any atom is -1.00 e. The number of halogens is 2. The molecule has 0 nitrogen and oxygen atoms in total. The summed E-state index contributed by atoms with van der Waals surface area (Å²) in [6.45, 7) is 4.17. The molecule has 0 heterocycles. The minimum absolute atomic E-state index is 0. The van der Waals surface area contributed by atoms with Crippen LogP contribution in [0.4, 0.5) is 0 Å². The van der Waals surface area contributed by atoms with E-state index in [1.54, 1.807) is 6.56 Å². The van der Waals surface area contributed by atoms with E-state index in [0.29, 0.717) is 0 Å². The molecule has 0 spiro atoms. The third-order valence-corrected chi connectivity index (χ3v) is 6.13. The van der Waals surface area contributed by atoms with E-state index in [1.165, 1.54) is 24.0 Å². The third-order valence-electron chi connectivity index (χ3n) is 2.84. The fourth-order valence-electron chi connectivity index (χ4n) is 2.09. The van der Waals surface area contributed by atoms with Crippen LogP contribution < -0.4 is 24.8 Å². The van der Waals surface area contributed by atoms with Crippen molar-refractivity contribution in [1.82, 2.24) is 0 Å². The van der Waals surface area contributed by atoms with Crippen LogP contribution in [0.1, 0.15) is 26.7 Å². The largest absolute Gasteiger partial charge is 1.00 e. The van der Waals surface area contributed by atoms with Gasteiger partial charge in [0.25, 0.3) is 0 Å². The Labute approximate surface area is 140 Å². The fraction of sp³-hybridized carbons (Fsp3) is 0.250. The van der Waals surface area contributed by atoms with Crippen LogP contribution in [0.3, 0.4) is 0 Å². The van der Waals surface area contributed by atoms with Gasteiger partial charge < -0.3 is 24.8 Å². The van der Waals surface area contributed by atoms with Crippen molar-refractivity contribution in [3.8, 4) is 0 Å². The molecule has 2 aliphatic carbocycles. The van der Waals surface area contributed by atoms with Gasteiger partial charge in [-0.1, -0.05) is 0 Å². The maximum absolute atomic E-state index is 2.40. The Morgan fingerprint density at radius 2 is 1.26 bits per heavy atom. The number of hydrogen-bond donors (Lipinski definition) is 0. The zero-order valence-corrected chi connectivity index (χ0v) is 15.3. The molecule has 0 aromatic rings. The van der Waals surface area contributed by atoms with Crippen LogP contribution in [0.15, 0.2) is 66.3 Å². The Morgan fingerprint density at radius 1 is 0.842 bits per heavy atom. The summed E-state index contributed by atoms with van der Waals surface area (Å²) in [6, 6.07) is 0. The van der Waals surface area contributed by atoms with Gasteiger partial charge in [0.05, 0.1) is 0 Å². The van der Waals surface area contributed by atoms with Gasteiger partial charge in [-0.05, 0) is 0 Å². The van der Waals surface area contributed by atoms with E-state index >= 15 is 0 Å². The average molecular weight is 372 g/mol. The molecule has 0 atom stereocenters. The van der Waals surface area contributed by atoms with E-state index in [-0.39, 0.29) is 24.8 Å². The first-order chi connectivity index (χ1) is 8.31. The summed E-state index contributed by atoms with van der Waals surface area (Å²) < 4.78 is 3.42. The van der Waals surface area contributed by atoms with Gasteiger partial charge in [0.2, 0.25) is 0 Å². The first kappa shape index (κ1) is 18.9. The average Bonchev–Trinajstić information content (AvgIpc) is 2.91. The van der Waals surface area contributed by atoms with Gasteiger partial charge in [-0.3, -0.25) is 0 Å². The Balaban J connectivity index is 0.00000162. The molecule has 0 amide bonds. The van der Waals surface area contributed by atoms with Gasteiger partial charge in [-0.2, -0.15) is 0 Å². The minimum atomic E-state index is -0.478. The van der Waals surface area contributed by atoms with Crippen LogP contribution in [0, 0.1) is 0 Å². The molecule has 0 unspecified atom stereocenters. The Kier molecular flexibility index (Phi) is 9.70. The first-order valence-corrected chi connectivity index (χ1v) is 8.61. The van der Waals surface area contributed by atoms with Gasteiger partial charge in [-0.15, -0.1) is 0 Å². The van der Waals surface area contributed by atoms with E-state index in [2.05, 4.69) is 62.5 Å². The molecule has 0 fully saturated rings. The van der Waals surface area contributed by atoms with Crippen LogP contribution in [0.25, 0.3) is 0 Å². The molecule has 0 bridgehead atoms. The van der Waals surface area contributed by atoms with Crippen LogP contribution in [0.2, 0.25) is 0 Å². The summed E-state index contributed by atoms with van der Waals surface area (Å²) in [5, 5.41) is 0. The summed E-state index contributed by atoms with van der Waals surface area (Å²) in [4.78, 5) is 0. The summed E-state index contributed by atoms with van der Waals surface area (Å²) >= 11 is -0.478. The zero-order chi connectivity index (χ0) is 12.1. The molecular formula is C16H18Cl2Zr. The Morgan fingerprint density at radius 3 is 1.63 bits per heavy atom. The van der Waals surface area contributed by atoms with Gasteiger partial charge in [0, 0.05) is 0 Å². The van der Waals surface area contributed by atoms with E-state index in [9.17, 15) is 0 Å². The van der Waals surface area contributed by atoms with E-state index in [1.807, 2.05) is 0 Å². The second-order valence-corrected chi connectivity index (χ2v) is 8.05. The van der Waals surface area contributed by atoms with Crippen molar-refractivity contribution in [3.05, 3.63) is 66.3 Å². The molecule has 0 saturated heterocycles. The van der Waals surface area contributed by atoms with Crippen molar-refractivity contribution in [2.75, 3.05) is 0 Å². The van der Waals surface area contributed by atoms with Gasteiger partial charge in [-0.25, -0.2) is 0 Å². The molecule has 0 saturated carbocycles. The second-order valence-electron chi connectivity index (χ2n) is 4.28. The molecule has 0 radical (unpaired) electrons. The molecule has 0 aromatic heterocycles. The molecule has 0 aromatic carbocycles. The first-order valence-electron chi connectivity index (χ1n) is 6.15. The van der Waals surface area contributed by atoms with Crippen LogP contribution >= 0.6 is 0 Å². The zero-order valence-electron chi connectivity index (χ0n) is 11.3. The Bertz CT molecular complexity index is 433. The number of rotatable bonds is 4. The predicted molar refractivity (Wildman–Crippen MR) is 71.2 cm³/mol. The van der Waals surface area contributed by atoms with Crippen molar-refractivity contribution in [3.63, 3.8) is 0 Å². The maximum Gasteiger partial charge on any atom is -1.00 e. The summed E-state index contributed by atoms with van der Waals surface area (Å²) in [7, 11) is 0. The smallest absolute Gasteiger partial charge is 1.00 e. The molecule has 2 aliphatic rings. The molecule has 19 heavy (non-hydrogen) atoms. The van der Waals surface area contributed by atoms with Gasteiger partial charge in [0.1, 0.15) is 0 Å². The normalized spacial score (nSPS) is 17.4. The summed E-state index contributed by atoms with van der Waals surface area (Å²) in [5.74, 6) is 0. The van der Waals surface area contributed by atoms with E-state index in [0.717, 1.165) is 0 Å². The van der Waals surface area contributed by atoms with Gasteiger partial charge >= 0.3 is 116 Å². The molecule has 3 heteroatoms. The predicted octanol–water partition coefficient (Wildman–Crippen LogP) is -1.34. The van der Waals surface area contributed by atoms with Gasteiger partial charge in [0.15, 0.2) is 0 Å². The Hall–Kier alpha value is -0.0969. The van der Waals surface area contributed by atoms with Crippen molar-refractivity contribution < 1.29 is 48.0 Å². The van der Waals surface area contributed by atoms with Crippen molar-refractivity contribution in [2.45, 2.75) is 26.7 Å². The fourth-order valence-corrected chi connectivity index (χ4v) is 5.28. The molecule has 100 valence electrons. The topological polar surface area (TPSA) is 0 Å². The van der Waals surface area contributed by atoms with E-state index < -0.39 is 23.2 Å². The molecule has 0 aliphatic heterocycles. The summed E-state index contributed by atoms with van der Waals surface area (Å²) in [6.07, 6.45) is 20.6. The number of hydrogen-bond acceptors (Lipinski definition) is 0. The maximum atomic E-state index is 2.40. The monoisotopic (exact) mass is 370 g/mol. The third kappa shape index (κ3) is 5.82. The van der Waals surface area contributed by atoms with Crippen LogP contribution in [-0.4, -0.2) is 0 Å². The molecule has 2 rings (SSSR count).